The van der Waals surface area contributed by atoms with E-state index in [1.165, 1.54) is 0 Å². The van der Waals surface area contributed by atoms with Crippen molar-refractivity contribution >= 4 is 11.8 Å². The Morgan fingerprint density at radius 1 is 0.600 bits per heavy atom. The van der Waals surface area contributed by atoms with Crippen molar-refractivity contribution in [2.45, 2.75) is 106 Å². The third-order valence-electron chi connectivity index (χ3n) is 6.90. The van der Waals surface area contributed by atoms with E-state index in [9.17, 15) is 55.5 Å². The van der Waals surface area contributed by atoms with Crippen LogP contribution in [0, 0.1) is 0 Å². The van der Waals surface area contributed by atoms with Crippen LogP contribution in [0.1, 0.15) is 13.8 Å². The normalized spacial score (nSPS) is 46.0. The highest BCUT2D eigenvalue weighted by Crippen LogP contribution is 2.32. The van der Waals surface area contributed by atoms with Crippen LogP contribution in [-0.2, 0) is 33.3 Å². The highest BCUT2D eigenvalue weighted by atomic mass is 16.7. The second-order valence-electron chi connectivity index (χ2n) is 9.81. The summed E-state index contributed by atoms with van der Waals surface area (Å²) in [5.41, 5.74) is 0. The van der Waals surface area contributed by atoms with Gasteiger partial charge < -0.3 is 80.3 Å². The molecule has 3 saturated heterocycles. The molecule has 0 saturated carbocycles. The first-order valence-corrected chi connectivity index (χ1v) is 12.6. The molecule has 0 aromatic rings. The quantitative estimate of drug-likeness (QED) is 0.120. The summed E-state index contributed by atoms with van der Waals surface area (Å²) >= 11 is 0. The Morgan fingerprint density at radius 2 is 1.10 bits per heavy atom. The number of rotatable bonds is 9. The molecule has 0 radical (unpaired) electrons. The monoisotopic (exact) mass is 586 g/mol. The van der Waals surface area contributed by atoms with E-state index in [0.717, 1.165) is 13.8 Å². The van der Waals surface area contributed by atoms with E-state index in [4.69, 9.17) is 23.7 Å². The average molecular weight is 587 g/mol. The minimum absolute atomic E-state index is 0.639. The van der Waals surface area contributed by atoms with Gasteiger partial charge >= 0.3 is 0 Å². The molecule has 0 unspecified atom stereocenters. The molecule has 40 heavy (non-hydrogen) atoms. The first kappa shape index (κ1) is 32.9. The van der Waals surface area contributed by atoms with Gasteiger partial charge in [-0.05, 0) is 0 Å². The number of nitrogens with one attached hydrogen (secondary N) is 2. The maximum absolute atomic E-state index is 12.0. The van der Waals surface area contributed by atoms with Gasteiger partial charge in [-0.15, -0.1) is 0 Å². The van der Waals surface area contributed by atoms with Gasteiger partial charge in [0.1, 0.15) is 73.1 Å². The second kappa shape index (κ2) is 14.0. The summed E-state index contributed by atoms with van der Waals surface area (Å²) in [5, 5.41) is 96.5. The Labute approximate surface area is 228 Å². The molecule has 232 valence electrons. The van der Waals surface area contributed by atoms with Crippen molar-refractivity contribution in [1.29, 1.82) is 0 Å². The van der Waals surface area contributed by atoms with E-state index in [0.29, 0.717) is 0 Å². The lowest BCUT2D eigenvalue weighted by atomic mass is 9.94. The molecule has 3 fully saturated rings. The zero-order valence-electron chi connectivity index (χ0n) is 21.7. The fraction of sp³-hybridized carbons (Fsp3) is 0.909. The van der Waals surface area contributed by atoms with Gasteiger partial charge in [-0.2, -0.15) is 0 Å². The van der Waals surface area contributed by atoms with Crippen LogP contribution in [0.2, 0.25) is 0 Å². The predicted molar refractivity (Wildman–Crippen MR) is 124 cm³/mol. The van der Waals surface area contributed by atoms with Crippen molar-refractivity contribution in [3.05, 3.63) is 0 Å². The van der Waals surface area contributed by atoms with Gasteiger partial charge in [0, 0.05) is 13.8 Å². The van der Waals surface area contributed by atoms with Crippen molar-refractivity contribution in [3.8, 4) is 0 Å². The molecule has 0 aliphatic carbocycles. The van der Waals surface area contributed by atoms with Crippen molar-refractivity contribution in [3.63, 3.8) is 0 Å². The molecule has 0 aromatic heterocycles. The van der Waals surface area contributed by atoms with Gasteiger partial charge in [-0.3, -0.25) is 9.59 Å². The van der Waals surface area contributed by atoms with E-state index in [1.807, 2.05) is 0 Å². The summed E-state index contributed by atoms with van der Waals surface area (Å²) in [7, 11) is 0. The van der Waals surface area contributed by atoms with Crippen molar-refractivity contribution in [2.75, 3.05) is 19.8 Å². The number of carbonyl (C=O) groups excluding carboxylic acids is 2. The van der Waals surface area contributed by atoms with Crippen LogP contribution in [0.5, 0.6) is 0 Å². The molecule has 11 N–H and O–H groups in total. The summed E-state index contributed by atoms with van der Waals surface area (Å²) < 4.78 is 27.6. The summed E-state index contributed by atoms with van der Waals surface area (Å²) in [6.07, 6.45) is -21.2. The topological polar surface area (TPSA) is 286 Å². The minimum Gasteiger partial charge on any atom is -0.394 e. The summed E-state index contributed by atoms with van der Waals surface area (Å²) in [6.45, 7) is -0.115. The van der Waals surface area contributed by atoms with Crippen molar-refractivity contribution in [1.82, 2.24) is 10.6 Å². The number of carbonyl (C=O) groups is 2. The summed E-state index contributed by atoms with van der Waals surface area (Å²) in [5.74, 6) is -1.32. The first-order chi connectivity index (χ1) is 18.8. The smallest absolute Gasteiger partial charge is 0.217 e. The molecular weight excluding hydrogens is 548 g/mol. The largest absolute Gasteiger partial charge is 0.394 e. The molecule has 15 atom stereocenters. The molecule has 3 aliphatic rings. The lowest BCUT2D eigenvalue weighted by Gasteiger charge is -2.49. The van der Waals surface area contributed by atoms with Crippen molar-refractivity contribution < 1.29 is 79.2 Å². The van der Waals surface area contributed by atoms with Crippen LogP contribution < -0.4 is 10.6 Å². The number of aliphatic hydroxyl groups is 9. The van der Waals surface area contributed by atoms with Gasteiger partial charge in [-0.25, -0.2) is 0 Å². The van der Waals surface area contributed by atoms with Gasteiger partial charge in [0.05, 0.1) is 19.8 Å². The van der Waals surface area contributed by atoms with E-state index in [1.54, 1.807) is 0 Å². The van der Waals surface area contributed by atoms with Crippen LogP contribution >= 0.6 is 0 Å². The lowest BCUT2D eigenvalue weighted by Crippen LogP contribution is -2.70. The molecule has 0 spiro atoms. The van der Waals surface area contributed by atoms with Crippen LogP contribution in [0.4, 0.5) is 0 Å². The fourth-order valence-electron chi connectivity index (χ4n) is 4.86. The fourth-order valence-corrected chi connectivity index (χ4v) is 4.86. The maximum atomic E-state index is 12.0. The van der Waals surface area contributed by atoms with Crippen LogP contribution in [-0.4, -0.2) is 170 Å². The maximum Gasteiger partial charge on any atom is 0.217 e. The molecule has 2 amide bonds. The van der Waals surface area contributed by atoms with E-state index in [-0.39, 0.29) is 0 Å². The van der Waals surface area contributed by atoms with E-state index >= 15 is 0 Å². The summed E-state index contributed by atoms with van der Waals surface area (Å²) in [6, 6.07) is -2.89. The molecule has 18 heteroatoms. The van der Waals surface area contributed by atoms with Crippen molar-refractivity contribution in [2.24, 2.45) is 0 Å². The molecule has 18 nitrogen and oxygen atoms in total. The van der Waals surface area contributed by atoms with Gasteiger partial charge in [0.25, 0.3) is 0 Å². The van der Waals surface area contributed by atoms with Crippen LogP contribution in [0.15, 0.2) is 0 Å². The highest BCUT2D eigenvalue weighted by molar-refractivity contribution is 5.73. The number of hydrogen-bond acceptors (Lipinski definition) is 16. The number of hydrogen-bond donors (Lipinski definition) is 11. The Morgan fingerprint density at radius 3 is 1.65 bits per heavy atom. The molecule has 0 aromatic carbocycles. The number of ether oxygens (including phenoxy) is 5. The SMILES string of the molecule is CC(=O)N[C@@H]1[C@@H](O[C@@H]2O[C@H](CO)[C@@H](O[C@@H]3O[C@H](CO)[C@@H](O)[C@H](O)[C@@H]3O)[C@H](O)[C@H]2NC(C)=O)[C@H](O)[C@@H](CO)O[C@H]1O. The minimum atomic E-state index is -1.86. The first-order valence-electron chi connectivity index (χ1n) is 12.6. The highest BCUT2D eigenvalue weighted by Gasteiger charge is 2.54. The van der Waals surface area contributed by atoms with E-state index < -0.39 is 124 Å². The molecule has 3 rings (SSSR count). The number of aliphatic hydroxyl groups excluding tert-OH is 9. The van der Waals surface area contributed by atoms with Crippen LogP contribution in [0.3, 0.4) is 0 Å². The summed E-state index contributed by atoms with van der Waals surface area (Å²) in [4.78, 5) is 23.7. The zero-order chi connectivity index (χ0) is 29.9. The standard InChI is InChI=1S/C22H38N2O16/c1-6(28)23-11-15(32)18(39-22-17(34)16(33)13(30)8(3-25)37-22)10(5-27)38-21(11)40-19-12(24-7(2)29)20(35)36-9(4-26)14(19)31/h8-22,25-27,30-35H,3-5H2,1-2H3,(H,23,28)(H,24,29)/t8-,9-,10-,11-,12-,13-,14-,15-,16+,17+,18-,19-,20-,21+,22+/m1/s1. The van der Waals surface area contributed by atoms with Gasteiger partial charge in [0.2, 0.25) is 11.8 Å². The zero-order valence-corrected chi connectivity index (χ0v) is 21.7. The van der Waals surface area contributed by atoms with Gasteiger partial charge in [-0.1, -0.05) is 0 Å². The van der Waals surface area contributed by atoms with Crippen LogP contribution in [0.25, 0.3) is 0 Å². The molecular formula is C22H38N2O16. The molecule has 3 aliphatic heterocycles. The third-order valence-corrected chi connectivity index (χ3v) is 6.90. The Bertz CT molecular complexity index is 852. The second-order valence-corrected chi connectivity index (χ2v) is 9.81. The van der Waals surface area contributed by atoms with Gasteiger partial charge in [0.15, 0.2) is 18.9 Å². The lowest BCUT2D eigenvalue weighted by molar-refractivity contribution is -0.359. The third kappa shape index (κ3) is 7.05. The predicted octanol–water partition coefficient (Wildman–Crippen LogP) is -7.29. The average Bonchev–Trinajstić information content (AvgIpc) is 2.90. The Hall–Kier alpha value is -1.62. The van der Waals surface area contributed by atoms with E-state index in [2.05, 4.69) is 10.6 Å². The molecule has 0 bridgehead atoms. The molecule has 3 heterocycles. The Kier molecular flexibility index (Phi) is 11.5. The Balaban J connectivity index is 1.87. The number of amides is 2.